The Kier molecular flexibility index (Phi) is 3.64. The van der Waals surface area contributed by atoms with Crippen molar-refractivity contribution < 1.29 is 10.0 Å². The summed E-state index contributed by atoms with van der Waals surface area (Å²) in [6, 6.07) is 0. The summed E-state index contributed by atoms with van der Waals surface area (Å²) in [7, 11) is 0. The molecule has 1 N–H and O–H groups in total. The van der Waals surface area contributed by atoms with Crippen LogP contribution >= 0.6 is 0 Å². The van der Waals surface area contributed by atoms with Gasteiger partial charge in [-0.15, -0.1) is 0 Å². The minimum absolute atomic E-state index is 0.0715. The number of nitrogens with zero attached hydrogens (tertiary/aromatic N) is 3. The van der Waals surface area contributed by atoms with E-state index in [2.05, 4.69) is 4.98 Å². The SMILES string of the molecule is CCC(O)(CC)Cn1c([N+](=O)[O-])cnc1C. The van der Waals surface area contributed by atoms with Crippen molar-refractivity contribution >= 4 is 5.82 Å². The summed E-state index contributed by atoms with van der Waals surface area (Å²) in [6.07, 6.45) is 2.33. The molecular formula is C10H17N3O3. The summed E-state index contributed by atoms with van der Waals surface area (Å²) in [5.74, 6) is 0.477. The van der Waals surface area contributed by atoms with Crippen LogP contribution in [0.15, 0.2) is 6.20 Å². The van der Waals surface area contributed by atoms with Gasteiger partial charge in [-0.05, 0) is 17.8 Å². The van der Waals surface area contributed by atoms with Gasteiger partial charge in [0.05, 0.1) is 0 Å². The van der Waals surface area contributed by atoms with Crippen LogP contribution in [0.1, 0.15) is 32.5 Å². The highest BCUT2D eigenvalue weighted by atomic mass is 16.6. The molecule has 0 bridgehead atoms. The molecule has 6 nitrogen and oxygen atoms in total. The van der Waals surface area contributed by atoms with Gasteiger partial charge in [0.2, 0.25) is 0 Å². The lowest BCUT2D eigenvalue weighted by molar-refractivity contribution is -0.392. The summed E-state index contributed by atoms with van der Waals surface area (Å²) in [5, 5.41) is 20.9. The summed E-state index contributed by atoms with van der Waals surface area (Å²) in [5.41, 5.74) is -0.907. The molecule has 0 atom stereocenters. The summed E-state index contributed by atoms with van der Waals surface area (Å²) >= 11 is 0. The predicted octanol–water partition coefficient (Wildman–Crippen LogP) is 1.65. The maximum Gasteiger partial charge on any atom is 0.342 e. The maximum absolute atomic E-state index is 10.8. The van der Waals surface area contributed by atoms with Gasteiger partial charge in [0, 0.05) is 6.92 Å². The molecule has 0 aromatic carbocycles. The zero-order valence-electron chi connectivity index (χ0n) is 9.80. The van der Waals surface area contributed by atoms with Gasteiger partial charge in [-0.2, -0.15) is 0 Å². The summed E-state index contributed by atoms with van der Waals surface area (Å²) < 4.78 is 1.45. The van der Waals surface area contributed by atoms with E-state index in [4.69, 9.17) is 0 Å². The van der Waals surface area contributed by atoms with Crippen LogP contribution in [0.4, 0.5) is 5.82 Å². The lowest BCUT2D eigenvalue weighted by Gasteiger charge is -2.23. The molecule has 0 aliphatic carbocycles. The number of nitro groups is 1. The number of hydrogen-bond acceptors (Lipinski definition) is 4. The fourth-order valence-electron chi connectivity index (χ4n) is 1.57. The first kappa shape index (κ1) is 12.6. The molecule has 1 aromatic rings. The van der Waals surface area contributed by atoms with Gasteiger partial charge < -0.3 is 15.2 Å². The molecule has 0 saturated carbocycles. The van der Waals surface area contributed by atoms with Gasteiger partial charge in [0.25, 0.3) is 0 Å². The Morgan fingerprint density at radius 3 is 2.56 bits per heavy atom. The van der Waals surface area contributed by atoms with E-state index in [1.54, 1.807) is 6.92 Å². The number of rotatable bonds is 5. The van der Waals surface area contributed by atoms with Gasteiger partial charge in [-0.25, -0.2) is 9.55 Å². The number of aromatic nitrogens is 2. The minimum Gasteiger partial charge on any atom is -0.386 e. The van der Waals surface area contributed by atoms with Crippen LogP contribution in [0.5, 0.6) is 0 Å². The van der Waals surface area contributed by atoms with E-state index < -0.39 is 10.5 Å². The van der Waals surface area contributed by atoms with E-state index in [0.717, 1.165) is 0 Å². The minimum atomic E-state index is -0.907. The number of aryl methyl sites for hydroxylation is 1. The lowest BCUT2D eigenvalue weighted by Crippen LogP contribution is -2.33. The monoisotopic (exact) mass is 227 g/mol. The zero-order valence-corrected chi connectivity index (χ0v) is 9.80. The smallest absolute Gasteiger partial charge is 0.342 e. The van der Waals surface area contributed by atoms with Crippen molar-refractivity contribution in [1.82, 2.24) is 9.55 Å². The Labute approximate surface area is 94.1 Å². The van der Waals surface area contributed by atoms with Crippen molar-refractivity contribution in [2.45, 2.75) is 45.8 Å². The molecule has 0 fully saturated rings. The van der Waals surface area contributed by atoms with Crippen LogP contribution < -0.4 is 0 Å². The molecule has 0 aliphatic rings. The molecule has 1 aromatic heterocycles. The standard InChI is InChI=1S/C10H17N3O3/c1-4-10(14,5-2)7-12-8(3)11-6-9(12)13(15)16/h6,14H,4-5,7H2,1-3H3. The quantitative estimate of drug-likeness (QED) is 0.612. The second kappa shape index (κ2) is 4.61. The van der Waals surface area contributed by atoms with Crippen molar-refractivity contribution in [3.05, 3.63) is 22.1 Å². The third kappa shape index (κ3) is 2.38. The largest absolute Gasteiger partial charge is 0.386 e. The Hall–Kier alpha value is -1.43. The van der Waals surface area contributed by atoms with E-state index in [1.807, 2.05) is 13.8 Å². The first-order valence-corrected chi connectivity index (χ1v) is 5.32. The van der Waals surface area contributed by atoms with Gasteiger partial charge in [-0.3, -0.25) is 0 Å². The maximum atomic E-state index is 10.8. The predicted molar refractivity (Wildman–Crippen MR) is 59.2 cm³/mol. The van der Waals surface area contributed by atoms with Crippen molar-refractivity contribution in [2.75, 3.05) is 0 Å². The molecule has 1 heterocycles. The molecule has 0 amide bonds. The second-order valence-electron chi connectivity index (χ2n) is 3.94. The topological polar surface area (TPSA) is 81.2 Å². The molecule has 90 valence electrons. The fourth-order valence-corrected chi connectivity index (χ4v) is 1.57. The molecule has 6 heteroatoms. The molecule has 0 saturated heterocycles. The highest BCUT2D eigenvalue weighted by Crippen LogP contribution is 2.22. The van der Waals surface area contributed by atoms with E-state index in [-0.39, 0.29) is 12.4 Å². The molecule has 0 spiro atoms. The first-order chi connectivity index (χ1) is 7.43. The molecule has 1 rings (SSSR count). The number of imidazole rings is 1. The highest BCUT2D eigenvalue weighted by molar-refractivity contribution is 5.19. The van der Waals surface area contributed by atoms with Gasteiger partial charge in [0.1, 0.15) is 18.3 Å². The third-order valence-electron chi connectivity index (χ3n) is 2.99. The van der Waals surface area contributed by atoms with Crippen LogP contribution in [0.25, 0.3) is 0 Å². The van der Waals surface area contributed by atoms with Crippen LogP contribution in [-0.2, 0) is 6.54 Å². The Morgan fingerprint density at radius 2 is 2.12 bits per heavy atom. The fraction of sp³-hybridized carbons (Fsp3) is 0.700. The molecular weight excluding hydrogens is 210 g/mol. The average Bonchev–Trinajstić information content (AvgIpc) is 2.60. The Morgan fingerprint density at radius 1 is 1.56 bits per heavy atom. The second-order valence-corrected chi connectivity index (χ2v) is 3.94. The molecule has 0 radical (unpaired) electrons. The molecule has 0 aliphatic heterocycles. The van der Waals surface area contributed by atoms with Crippen molar-refractivity contribution in [1.29, 1.82) is 0 Å². The average molecular weight is 227 g/mol. The lowest BCUT2D eigenvalue weighted by atomic mass is 9.97. The van der Waals surface area contributed by atoms with Gasteiger partial charge >= 0.3 is 5.82 Å². The normalized spacial score (nSPS) is 11.8. The van der Waals surface area contributed by atoms with E-state index in [9.17, 15) is 15.2 Å². The molecule has 0 unspecified atom stereocenters. The van der Waals surface area contributed by atoms with Crippen molar-refractivity contribution in [3.63, 3.8) is 0 Å². The van der Waals surface area contributed by atoms with Crippen LogP contribution in [0.3, 0.4) is 0 Å². The number of hydrogen-bond donors (Lipinski definition) is 1. The summed E-state index contributed by atoms with van der Waals surface area (Å²) in [6.45, 7) is 5.63. The van der Waals surface area contributed by atoms with E-state index >= 15 is 0 Å². The highest BCUT2D eigenvalue weighted by Gasteiger charge is 2.29. The van der Waals surface area contributed by atoms with Gasteiger partial charge in [0.15, 0.2) is 5.82 Å². The Balaban J connectivity index is 3.04. The van der Waals surface area contributed by atoms with Crippen LogP contribution in [-0.4, -0.2) is 25.2 Å². The number of aliphatic hydroxyl groups is 1. The van der Waals surface area contributed by atoms with Crippen molar-refractivity contribution in [2.24, 2.45) is 0 Å². The van der Waals surface area contributed by atoms with E-state index in [0.29, 0.717) is 18.7 Å². The van der Waals surface area contributed by atoms with E-state index in [1.165, 1.54) is 10.8 Å². The van der Waals surface area contributed by atoms with Crippen molar-refractivity contribution in [3.8, 4) is 0 Å². The third-order valence-corrected chi connectivity index (χ3v) is 2.99. The van der Waals surface area contributed by atoms with Gasteiger partial charge in [-0.1, -0.05) is 13.8 Å². The molecule has 16 heavy (non-hydrogen) atoms. The Bertz CT molecular complexity index is 383. The first-order valence-electron chi connectivity index (χ1n) is 5.32. The van der Waals surface area contributed by atoms with Crippen LogP contribution in [0.2, 0.25) is 0 Å². The summed E-state index contributed by atoms with van der Waals surface area (Å²) in [4.78, 5) is 14.2. The van der Waals surface area contributed by atoms with Crippen LogP contribution in [0, 0.1) is 17.0 Å². The zero-order chi connectivity index (χ0) is 12.3.